The summed E-state index contributed by atoms with van der Waals surface area (Å²) in [6.45, 7) is 15.1. The number of hydrogen-bond donors (Lipinski definition) is 3. The molecule has 0 radical (unpaired) electrons. The molecule has 7 atom stereocenters. The molecule has 1 aliphatic rings. The van der Waals surface area contributed by atoms with Crippen LogP contribution in [-0.4, -0.2) is 32.6 Å². The minimum absolute atomic E-state index is 0.293. The van der Waals surface area contributed by atoms with Crippen LogP contribution in [-0.2, 0) is 0 Å². The quantitative estimate of drug-likeness (QED) is 0.190. The van der Waals surface area contributed by atoms with Crippen LogP contribution in [0.5, 0.6) is 0 Å². The molecule has 0 heterocycles. The van der Waals surface area contributed by atoms with Crippen molar-refractivity contribution in [3.8, 4) is 0 Å². The molecule has 0 saturated heterocycles. The number of allylic oxidation sites excluding steroid dienone is 1. The molecule has 0 aromatic rings. The Morgan fingerprint density at radius 1 is 0.839 bits per heavy atom. The van der Waals surface area contributed by atoms with E-state index >= 15 is 0 Å². The average Bonchev–Trinajstić information content (AvgIpc) is 2.67. The van der Waals surface area contributed by atoms with E-state index in [0.29, 0.717) is 23.7 Å². The van der Waals surface area contributed by atoms with Gasteiger partial charge in [-0.05, 0) is 82.5 Å². The highest BCUT2D eigenvalue weighted by molar-refractivity contribution is 5.15. The van der Waals surface area contributed by atoms with Crippen LogP contribution in [0.15, 0.2) is 11.6 Å². The van der Waals surface area contributed by atoms with Crippen LogP contribution in [0.25, 0.3) is 0 Å². The second-order valence-electron chi connectivity index (χ2n) is 11.6. The molecule has 0 spiro atoms. The fourth-order valence-corrected chi connectivity index (χ4v) is 5.18. The van der Waals surface area contributed by atoms with Crippen molar-refractivity contribution in [2.45, 2.75) is 143 Å². The lowest BCUT2D eigenvalue weighted by molar-refractivity contribution is 0.0107. The maximum absolute atomic E-state index is 10.8. The molecule has 0 aliphatic heterocycles. The topological polar surface area (TPSA) is 60.7 Å². The second kappa shape index (κ2) is 13.4. The molecule has 0 aromatic carbocycles. The fourth-order valence-electron chi connectivity index (χ4n) is 5.18. The Kier molecular flexibility index (Phi) is 12.3. The molecule has 0 aromatic heterocycles. The van der Waals surface area contributed by atoms with Gasteiger partial charge in [-0.2, -0.15) is 0 Å². The van der Waals surface area contributed by atoms with Crippen LogP contribution in [0.1, 0.15) is 126 Å². The van der Waals surface area contributed by atoms with Gasteiger partial charge in [-0.15, -0.1) is 0 Å². The maximum atomic E-state index is 10.8. The summed E-state index contributed by atoms with van der Waals surface area (Å²) in [6.07, 6.45) is 13.8. The zero-order valence-electron chi connectivity index (χ0n) is 21.8. The van der Waals surface area contributed by atoms with E-state index in [1.807, 2.05) is 13.8 Å². The van der Waals surface area contributed by atoms with E-state index in [1.54, 1.807) is 0 Å². The Morgan fingerprint density at radius 3 is 1.97 bits per heavy atom. The number of hydrogen-bond acceptors (Lipinski definition) is 3. The van der Waals surface area contributed by atoms with Gasteiger partial charge >= 0.3 is 0 Å². The van der Waals surface area contributed by atoms with Crippen molar-refractivity contribution >= 4 is 0 Å². The van der Waals surface area contributed by atoms with Crippen LogP contribution < -0.4 is 0 Å². The largest absolute Gasteiger partial charge is 0.390 e. The van der Waals surface area contributed by atoms with Gasteiger partial charge in [-0.3, -0.25) is 0 Å². The van der Waals surface area contributed by atoms with Gasteiger partial charge in [0, 0.05) is 0 Å². The van der Waals surface area contributed by atoms with Crippen molar-refractivity contribution in [1.82, 2.24) is 0 Å². The highest BCUT2D eigenvalue weighted by Crippen LogP contribution is 2.37. The molecule has 1 rings (SSSR count). The third-order valence-electron chi connectivity index (χ3n) is 8.21. The van der Waals surface area contributed by atoms with Gasteiger partial charge in [0.05, 0.1) is 17.3 Å². The number of aliphatic hydroxyl groups excluding tert-OH is 1. The number of unbranched alkanes of at least 4 members (excludes halogenated alkanes) is 2. The van der Waals surface area contributed by atoms with Gasteiger partial charge in [0.2, 0.25) is 0 Å². The van der Waals surface area contributed by atoms with Crippen LogP contribution in [0.2, 0.25) is 0 Å². The first-order valence-corrected chi connectivity index (χ1v) is 13.2. The van der Waals surface area contributed by atoms with Crippen LogP contribution in [0.3, 0.4) is 0 Å². The molecule has 0 amide bonds. The van der Waals surface area contributed by atoms with Gasteiger partial charge in [0.1, 0.15) is 0 Å². The monoisotopic (exact) mass is 438 g/mol. The Hall–Kier alpha value is -0.380. The molecule has 0 fully saturated rings. The summed E-state index contributed by atoms with van der Waals surface area (Å²) >= 11 is 0. The lowest BCUT2D eigenvalue weighted by Gasteiger charge is -2.36. The van der Waals surface area contributed by atoms with Crippen LogP contribution in [0, 0.1) is 23.7 Å². The van der Waals surface area contributed by atoms with Crippen LogP contribution in [0.4, 0.5) is 0 Å². The standard InChI is InChI=1S/C28H54O3/c1-8-9-10-16-27(6,30)18-12-19-28(7,31)17-11-13-21(2)14-15-25-20-26(29)24(5)22(3)23(25)4/h20-24,26,29-31H,8-19H2,1-7H3. The predicted octanol–water partition coefficient (Wildman–Crippen LogP) is 7.03. The molecule has 3 nitrogen and oxygen atoms in total. The molecule has 3 heteroatoms. The first-order valence-electron chi connectivity index (χ1n) is 13.2. The van der Waals surface area contributed by atoms with Gasteiger partial charge < -0.3 is 15.3 Å². The smallest absolute Gasteiger partial charge is 0.0751 e. The molecule has 1 aliphatic carbocycles. The minimum atomic E-state index is -0.630. The highest BCUT2D eigenvalue weighted by atomic mass is 16.3. The SMILES string of the molecule is CCCCCC(C)(O)CCCC(C)(O)CCCC(C)CCC1=CC(O)C(C)C(C)C1C. The zero-order chi connectivity index (χ0) is 23.7. The Labute approximate surface area is 193 Å². The molecule has 0 bridgehead atoms. The van der Waals surface area contributed by atoms with E-state index in [1.165, 1.54) is 18.4 Å². The summed E-state index contributed by atoms with van der Waals surface area (Å²) in [5.41, 5.74) is 0.214. The molecule has 31 heavy (non-hydrogen) atoms. The summed E-state index contributed by atoms with van der Waals surface area (Å²) in [4.78, 5) is 0. The molecular weight excluding hydrogens is 384 g/mol. The van der Waals surface area contributed by atoms with E-state index in [4.69, 9.17) is 0 Å². The zero-order valence-corrected chi connectivity index (χ0v) is 21.8. The molecule has 3 N–H and O–H groups in total. The summed E-state index contributed by atoms with van der Waals surface area (Å²) in [5.74, 6) is 2.08. The first kappa shape index (κ1) is 28.7. The van der Waals surface area contributed by atoms with Gasteiger partial charge in [0.25, 0.3) is 0 Å². The first-order chi connectivity index (χ1) is 14.4. The van der Waals surface area contributed by atoms with Crippen molar-refractivity contribution in [3.05, 3.63) is 11.6 Å². The van der Waals surface area contributed by atoms with Gasteiger partial charge in [-0.1, -0.05) is 78.4 Å². The third-order valence-corrected chi connectivity index (χ3v) is 8.21. The van der Waals surface area contributed by atoms with E-state index in [-0.39, 0.29) is 6.10 Å². The van der Waals surface area contributed by atoms with Gasteiger partial charge in [-0.25, -0.2) is 0 Å². The van der Waals surface area contributed by atoms with E-state index in [0.717, 1.165) is 64.2 Å². The Bertz CT molecular complexity index is 522. The lowest BCUT2D eigenvalue weighted by Crippen LogP contribution is -2.32. The van der Waals surface area contributed by atoms with E-state index in [2.05, 4.69) is 40.7 Å². The highest BCUT2D eigenvalue weighted by Gasteiger charge is 2.31. The number of aliphatic hydroxyl groups is 3. The van der Waals surface area contributed by atoms with E-state index < -0.39 is 11.2 Å². The maximum Gasteiger partial charge on any atom is 0.0751 e. The van der Waals surface area contributed by atoms with Gasteiger partial charge in [0.15, 0.2) is 0 Å². The summed E-state index contributed by atoms with van der Waals surface area (Å²) in [5, 5.41) is 31.6. The average molecular weight is 439 g/mol. The van der Waals surface area contributed by atoms with Crippen molar-refractivity contribution < 1.29 is 15.3 Å². The minimum Gasteiger partial charge on any atom is -0.390 e. The molecule has 7 unspecified atom stereocenters. The molecule has 184 valence electrons. The fraction of sp³-hybridized carbons (Fsp3) is 0.929. The van der Waals surface area contributed by atoms with Crippen molar-refractivity contribution in [1.29, 1.82) is 0 Å². The Balaban J connectivity index is 2.28. The second-order valence-corrected chi connectivity index (χ2v) is 11.6. The predicted molar refractivity (Wildman–Crippen MR) is 133 cm³/mol. The van der Waals surface area contributed by atoms with Crippen molar-refractivity contribution in [2.75, 3.05) is 0 Å². The lowest BCUT2D eigenvalue weighted by atomic mass is 9.71. The summed E-state index contributed by atoms with van der Waals surface area (Å²) < 4.78 is 0. The van der Waals surface area contributed by atoms with Crippen molar-refractivity contribution in [3.63, 3.8) is 0 Å². The summed E-state index contributed by atoms with van der Waals surface area (Å²) in [6, 6.07) is 0. The summed E-state index contributed by atoms with van der Waals surface area (Å²) in [7, 11) is 0. The number of rotatable bonds is 15. The molecule has 0 saturated carbocycles. The van der Waals surface area contributed by atoms with E-state index in [9.17, 15) is 15.3 Å². The third kappa shape index (κ3) is 10.9. The van der Waals surface area contributed by atoms with Crippen molar-refractivity contribution in [2.24, 2.45) is 23.7 Å². The Morgan fingerprint density at radius 2 is 1.39 bits per heavy atom. The molecular formula is C28H54O3. The van der Waals surface area contributed by atoms with Crippen LogP contribution >= 0.6 is 0 Å². The normalized spacial score (nSPS) is 29.2.